The van der Waals surface area contributed by atoms with E-state index >= 15 is 0 Å². The van der Waals surface area contributed by atoms with Crippen LogP contribution < -0.4 is 0 Å². The summed E-state index contributed by atoms with van der Waals surface area (Å²) in [5.74, 6) is 0. The number of nitrogens with zero attached hydrogens (tertiary/aromatic N) is 2. The van der Waals surface area contributed by atoms with Gasteiger partial charge < -0.3 is 4.98 Å². The van der Waals surface area contributed by atoms with Crippen LogP contribution >= 0.6 is 12.2 Å². The van der Waals surface area contributed by atoms with Gasteiger partial charge in [0.05, 0.1) is 11.6 Å². The highest BCUT2D eigenvalue weighted by atomic mass is 32.2. The van der Waals surface area contributed by atoms with Crippen molar-refractivity contribution in [3.05, 3.63) is 10.8 Å². The molecule has 0 atom stereocenters. The van der Waals surface area contributed by atoms with E-state index in [0.29, 0.717) is 11.0 Å². The van der Waals surface area contributed by atoms with Crippen molar-refractivity contribution in [2.75, 3.05) is 0 Å². The lowest BCUT2D eigenvalue weighted by atomic mass is 10.4. The summed E-state index contributed by atoms with van der Waals surface area (Å²) < 4.78 is 30.2. The number of rotatable bonds is 1. The molecule has 0 amide bonds. The molecule has 7 nitrogen and oxygen atoms in total. The number of aromatic nitrogens is 4. The summed E-state index contributed by atoms with van der Waals surface area (Å²) in [7, 11) is -4.38. The average Bonchev–Trinajstić information content (AvgIpc) is 2.50. The molecule has 0 aliphatic heterocycles. The molecule has 74 valence electrons. The van der Waals surface area contributed by atoms with Crippen LogP contribution in [0.4, 0.5) is 0 Å². The Morgan fingerprint density at radius 2 is 2.21 bits per heavy atom. The first kappa shape index (κ1) is 9.24. The van der Waals surface area contributed by atoms with Gasteiger partial charge in [0.25, 0.3) is 5.16 Å². The van der Waals surface area contributed by atoms with E-state index in [1.807, 2.05) is 0 Å². The van der Waals surface area contributed by atoms with Gasteiger partial charge in [0, 0.05) is 0 Å². The number of fused-ring (bicyclic) bond motifs is 1. The van der Waals surface area contributed by atoms with Crippen LogP contribution in [-0.2, 0) is 10.1 Å². The van der Waals surface area contributed by atoms with Crippen LogP contribution in [0.5, 0.6) is 0 Å². The van der Waals surface area contributed by atoms with E-state index in [1.54, 1.807) is 0 Å². The number of hydrogen-bond acceptors (Lipinski definition) is 5. The highest BCUT2D eigenvalue weighted by Gasteiger charge is 2.14. The van der Waals surface area contributed by atoms with Gasteiger partial charge in [0.15, 0.2) is 0 Å². The summed E-state index contributed by atoms with van der Waals surface area (Å²) >= 11 is 4.80. The second-order valence-electron chi connectivity index (χ2n) is 2.48. The molecule has 0 saturated carbocycles. The van der Waals surface area contributed by atoms with E-state index in [9.17, 15) is 8.42 Å². The molecule has 2 aromatic rings. The van der Waals surface area contributed by atoms with Crippen molar-refractivity contribution < 1.29 is 13.0 Å². The van der Waals surface area contributed by atoms with E-state index < -0.39 is 15.3 Å². The van der Waals surface area contributed by atoms with Crippen LogP contribution in [0.2, 0.25) is 0 Å². The average molecular weight is 232 g/mol. The van der Waals surface area contributed by atoms with Gasteiger partial charge in [-0.25, -0.2) is 4.98 Å². The molecule has 0 unspecified atom stereocenters. The maximum Gasteiger partial charge on any atom is 0.328 e. The summed E-state index contributed by atoms with van der Waals surface area (Å²) in [4.78, 5) is 5.86. The molecule has 0 spiro atoms. The molecule has 0 aromatic carbocycles. The van der Waals surface area contributed by atoms with Gasteiger partial charge >= 0.3 is 10.1 Å². The molecular weight excluding hydrogens is 228 g/mol. The van der Waals surface area contributed by atoms with Gasteiger partial charge in [-0.05, 0) is 0 Å². The molecular formula is C5H4N4O3S2. The maximum absolute atomic E-state index is 10.7. The Hall–Kier alpha value is -1.32. The number of H-pyrrole nitrogens is 2. The lowest BCUT2D eigenvalue weighted by Crippen LogP contribution is -2.04. The fraction of sp³-hybridized carbons (Fsp3) is 0. The monoisotopic (exact) mass is 232 g/mol. The van der Waals surface area contributed by atoms with Crippen LogP contribution in [0.3, 0.4) is 0 Å². The minimum absolute atomic E-state index is 0.0557. The van der Waals surface area contributed by atoms with Crippen LogP contribution in [0.25, 0.3) is 11.0 Å². The summed E-state index contributed by atoms with van der Waals surface area (Å²) in [6, 6.07) is 0. The molecule has 0 radical (unpaired) electrons. The highest BCUT2D eigenvalue weighted by molar-refractivity contribution is 7.85. The van der Waals surface area contributed by atoms with Crippen molar-refractivity contribution in [2.24, 2.45) is 0 Å². The molecule has 2 heterocycles. The number of hydrogen-bond donors (Lipinski definition) is 3. The van der Waals surface area contributed by atoms with E-state index in [1.165, 1.54) is 6.20 Å². The van der Waals surface area contributed by atoms with Crippen molar-refractivity contribution in [2.45, 2.75) is 5.16 Å². The second-order valence-corrected chi connectivity index (χ2v) is 4.20. The molecule has 2 rings (SSSR count). The Bertz CT molecular complexity index is 640. The third-order valence-electron chi connectivity index (χ3n) is 1.55. The summed E-state index contributed by atoms with van der Waals surface area (Å²) in [6.07, 6.45) is 1.41. The Morgan fingerprint density at radius 1 is 1.50 bits per heavy atom. The quantitative estimate of drug-likeness (QED) is 0.369. The zero-order chi connectivity index (χ0) is 10.3. The second kappa shape index (κ2) is 2.83. The maximum atomic E-state index is 10.7. The lowest BCUT2D eigenvalue weighted by Gasteiger charge is -1.96. The smallest absolute Gasteiger partial charge is 0.313 e. The van der Waals surface area contributed by atoms with Crippen LogP contribution in [0, 0.1) is 4.64 Å². The van der Waals surface area contributed by atoms with Crippen molar-refractivity contribution in [1.82, 2.24) is 20.2 Å². The van der Waals surface area contributed by atoms with E-state index in [0.717, 1.165) is 0 Å². The van der Waals surface area contributed by atoms with Gasteiger partial charge in [-0.15, -0.1) is 0 Å². The predicted octanol–water partition coefficient (Wildman–Crippen LogP) is 0.262. The van der Waals surface area contributed by atoms with Gasteiger partial charge in [0.1, 0.15) is 10.3 Å². The fourth-order valence-electron chi connectivity index (χ4n) is 0.953. The first-order chi connectivity index (χ1) is 6.48. The molecule has 14 heavy (non-hydrogen) atoms. The van der Waals surface area contributed by atoms with E-state index in [4.69, 9.17) is 16.8 Å². The topological polar surface area (TPSA) is 112 Å². The molecule has 0 aliphatic rings. The predicted molar refractivity (Wildman–Crippen MR) is 48.9 cm³/mol. The van der Waals surface area contributed by atoms with Crippen LogP contribution in [0.1, 0.15) is 0 Å². The summed E-state index contributed by atoms with van der Waals surface area (Å²) in [6.45, 7) is 0. The Morgan fingerprint density at radius 3 is 2.86 bits per heavy atom. The van der Waals surface area contributed by atoms with Crippen LogP contribution in [-0.4, -0.2) is 33.1 Å². The number of aromatic amines is 2. The van der Waals surface area contributed by atoms with E-state index in [2.05, 4.69) is 20.2 Å². The SMILES string of the molecule is O=S(=O)(O)c1nc(=S)c2cn[nH]c2[nH]1. The fourth-order valence-corrected chi connectivity index (χ4v) is 1.69. The Balaban J connectivity index is 2.91. The van der Waals surface area contributed by atoms with Gasteiger partial charge in [0.2, 0.25) is 0 Å². The van der Waals surface area contributed by atoms with Gasteiger partial charge in [-0.1, -0.05) is 12.2 Å². The largest absolute Gasteiger partial charge is 0.328 e. The third kappa shape index (κ3) is 1.41. The molecule has 9 heteroatoms. The first-order valence-corrected chi connectivity index (χ1v) is 5.24. The highest BCUT2D eigenvalue weighted by Crippen LogP contribution is 2.10. The molecule has 0 saturated heterocycles. The summed E-state index contributed by atoms with van der Waals surface area (Å²) in [5.41, 5.74) is 0.303. The zero-order valence-corrected chi connectivity index (χ0v) is 8.18. The third-order valence-corrected chi connectivity index (χ3v) is 2.54. The standard InChI is InChI=1S/C5H4N4O3S2/c10-14(11,12)5-7-3-2(1-6-9-3)4(13)8-5/h1H,(H,10,11,12)(H2,6,7,8,9,13). The van der Waals surface area contributed by atoms with Crippen molar-refractivity contribution >= 4 is 33.4 Å². The Labute approximate surface area is 82.9 Å². The number of nitrogens with one attached hydrogen (secondary N) is 2. The molecule has 3 N–H and O–H groups in total. The summed E-state index contributed by atoms with van der Waals surface area (Å²) in [5, 5.41) is 6.03. The molecule has 0 aliphatic carbocycles. The zero-order valence-electron chi connectivity index (χ0n) is 6.55. The van der Waals surface area contributed by atoms with Gasteiger partial charge in [-0.2, -0.15) is 13.5 Å². The van der Waals surface area contributed by atoms with Gasteiger partial charge in [-0.3, -0.25) is 9.65 Å². The molecule has 0 fully saturated rings. The minimum atomic E-state index is -4.38. The van der Waals surface area contributed by atoms with Crippen LogP contribution in [0.15, 0.2) is 11.4 Å². The molecule has 0 bridgehead atoms. The Kier molecular flexibility index (Phi) is 1.87. The van der Waals surface area contributed by atoms with Crippen molar-refractivity contribution in [3.8, 4) is 0 Å². The van der Waals surface area contributed by atoms with Crippen molar-refractivity contribution in [3.63, 3.8) is 0 Å². The first-order valence-electron chi connectivity index (χ1n) is 3.39. The normalized spacial score (nSPS) is 12.1. The molecule has 2 aromatic heterocycles. The van der Waals surface area contributed by atoms with Crippen molar-refractivity contribution in [1.29, 1.82) is 0 Å². The van der Waals surface area contributed by atoms with E-state index in [-0.39, 0.29) is 4.64 Å². The lowest BCUT2D eigenvalue weighted by molar-refractivity contribution is 0.474. The minimum Gasteiger partial charge on any atom is -0.313 e.